The molecule has 2 rings (SSSR count). The third-order valence-electron chi connectivity index (χ3n) is 5.13. The van der Waals surface area contributed by atoms with Crippen LogP contribution in [0.25, 0.3) is 0 Å². The topological polar surface area (TPSA) is 198 Å². The van der Waals surface area contributed by atoms with Crippen LogP contribution in [0.15, 0.2) is 12.1 Å². The summed E-state index contributed by atoms with van der Waals surface area (Å²) in [5.41, 5.74) is 13.2. The van der Waals surface area contributed by atoms with Crippen molar-refractivity contribution in [2.45, 2.75) is 12.8 Å². The predicted octanol–water partition coefficient (Wildman–Crippen LogP) is 3.60. The zero-order valence-corrected chi connectivity index (χ0v) is 35.4. The molecule has 0 atom stereocenters. The van der Waals surface area contributed by atoms with Crippen molar-refractivity contribution in [3.05, 3.63) is 33.6 Å². The summed E-state index contributed by atoms with van der Waals surface area (Å²) in [6.45, 7) is -2.09. The van der Waals surface area contributed by atoms with E-state index < -0.39 is 55.8 Å². The Hall–Kier alpha value is -0.430. The molecule has 13 nitrogen and oxygen atoms in total. The number of rotatable bonds is 16. The maximum absolute atomic E-state index is 12.0. The van der Waals surface area contributed by atoms with E-state index >= 15 is 0 Å². The fourth-order valence-corrected chi connectivity index (χ4v) is 10.3. The Bertz CT molecular complexity index is 1320. The molecule has 0 spiro atoms. The first-order chi connectivity index (χ1) is 20.7. The van der Waals surface area contributed by atoms with E-state index in [0.29, 0.717) is 22.9 Å². The van der Waals surface area contributed by atoms with E-state index in [9.17, 15) is 24.0 Å². The van der Waals surface area contributed by atoms with Gasteiger partial charge >= 0.3 is 11.9 Å². The number of halogens is 6. The molecule has 240 valence electrons. The zero-order valence-electron chi connectivity index (χ0n) is 22.4. The van der Waals surface area contributed by atoms with Crippen molar-refractivity contribution in [2.75, 3.05) is 51.0 Å². The van der Waals surface area contributed by atoms with Crippen LogP contribution in [0.4, 0.5) is 11.4 Å². The third kappa shape index (κ3) is 13.4. The van der Waals surface area contributed by atoms with Crippen LogP contribution in [0.1, 0.15) is 12.8 Å². The number of nitrogen functional groups attached to an aromatic ring is 2. The van der Waals surface area contributed by atoms with Gasteiger partial charge < -0.3 is 41.0 Å². The number of nitrogens with two attached hydrogens (primary N) is 2. The number of ketones is 1. The van der Waals surface area contributed by atoms with Crippen molar-refractivity contribution in [1.29, 1.82) is 0 Å². The van der Waals surface area contributed by atoms with Crippen molar-refractivity contribution in [3.63, 3.8) is 0 Å². The van der Waals surface area contributed by atoms with E-state index in [0.717, 1.165) is 21.4 Å². The monoisotopic (exact) mass is 1290 g/mol. The second-order valence-electron chi connectivity index (χ2n) is 8.40. The molecule has 19 heteroatoms. The van der Waals surface area contributed by atoms with Crippen LogP contribution in [0.2, 0.25) is 0 Å². The molecule has 0 aliphatic heterocycles. The molecule has 0 saturated heterocycles. The molecule has 0 aromatic heterocycles. The van der Waals surface area contributed by atoms with Crippen LogP contribution >= 0.6 is 136 Å². The van der Waals surface area contributed by atoms with E-state index in [1.54, 1.807) is 0 Å². The summed E-state index contributed by atoms with van der Waals surface area (Å²) >= 11 is 12.6. The van der Waals surface area contributed by atoms with Crippen LogP contribution in [0.5, 0.6) is 11.5 Å². The lowest BCUT2D eigenvalue weighted by Gasteiger charge is -2.13. The molecule has 0 radical (unpaired) electrons. The second kappa shape index (κ2) is 20.1. The van der Waals surface area contributed by atoms with Gasteiger partial charge in [0.25, 0.3) is 0 Å². The van der Waals surface area contributed by atoms with Gasteiger partial charge in [-0.2, -0.15) is 0 Å². The van der Waals surface area contributed by atoms with E-state index in [4.69, 9.17) is 30.4 Å². The van der Waals surface area contributed by atoms with Gasteiger partial charge in [-0.05, 0) is 148 Å². The van der Waals surface area contributed by atoms with Crippen LogP contribution in [0.3, 0.4) is 0 Å². The molecule has 44 heavy (non-hydrogen) atoms. The number of amides is 2. The average molecular weight is 1290 g/mol. The van der Waals surface area contributed by atoms with Gasteiger partial charge in [-0.1, -0.05) is 0 Å². The Balaban J connectivity index is 1.57. The minimum Gasteiger partial charge on any atom is -0.491 e. The Labute approximate surface area is 334 Å². The van der Waals surface area contributed by atoms with E-state index in [1.165, 1.54) is 0 Å². The fraction of sp³-hybridized carbons (Fsp3) is 0.320. The quantitative estimate of drug-likeness (QED) is 0.109. The highest BCUT2D eigenvalue weighted by atomic mass is 127. The van der Waals surface area contributed by atoms with Crippen LogP contribution in [-0.4, -0.2) is 69.1 Å². The molecule has 6 N–H and O–H groups in total. The largest absolute Gasteiger partial charge is 0.491 e. The van der Waals surface area contributed by atoms with Crippen molar-refractivity contribution in [3.8, 4) is 11.5 Å². The molecular formula is C25H24I6N4O9. The molecule has 2 amide bonds. The molecule has 0 aliphatic rings. The summed E-state index contributed by atoms with van der Waals surface area (Å²) in [7, 11) is 0. The number of anilines is 2. The van der Waals surface area contributed by atoms with Gasteiger partial charge in [0.1, 0.15) is 24.6 Å². The number of hydrogen-bond donors (Lipinski definition) is 4. The summed E-state index contributed by atoms with van der Waals surface area (Å²) in [5.74, 6) is -2.13. The molecule has 0 heterocycles. The van der Waals surface area contributed by atoms with Crippen LogP contribution in [-0.2, 0) is 33.4 Å². The number of benzene rings is 2. The smallest absolute Gasteiger partial charge is 0.325 e. The highest BCUT2D eigenvalue weighted by molar-refractivity contribution is 14.1. The van der Waals surface area contributed by atoms with Crippen molar-refractivity contribution >= 4 is 176 Å². The summed E-state index contributed by atoms with van der Waals surface area (Å²) < 4.78 is 26.0. The summed E-state index contributed by atoms with van der Waals surface area (Å²) in [5, 5.41) is 4.76. The number of carbonyl (C=O) groups excluding carboxylic acids is 5. The predicted molar refractivity (Wildman–Crippen MR) is 211 cm³/mol. The lowest BCUT2D eigenvalue weighted by atomic mass is 10.3. The highest BCUT2D eigenvalue weighted by Crippen LogP contribution is 2.36. The Morgan fingerprint density at radius 2 is 0.977 bits per heavy atom. The van der Waals surface area contributed by atoms with Crippen LogP contribution in [0, 0.1) is 21.4 Å². The minimum atomic E-state index is -0.847. The standard InChI is InChI=1S/C25H24I6N4O9/c26-12-5-14(28)24(20(30)22(12)32)41-3-1-16(37)34-7-18(39)43-9-11(36)10-44-19(40)8-35-17(38)2-4-42-25-15(29)6-13(27)23(33)21(25)31/h5-6H,1-4,7-10,32-33H2,(H,34,37)(H,35,38). The molecule has 2 aromatic carbocycles. The van der Waals surface area contributed by atoms with Crippen LogP contribution < -0.4 is 31.6 Å². The molecular weight excluding hydrogens is 1260 g/mol. The van der Waals surface area contributed by atoms with Gasteiger partial charge in [-0.15, -0.1) is 0 Å². The van der Waals surface area contributed by atoms with Gasteiger partial charge in [0, 0.05) is 7.14 Å². The number of carbonyl (C=O) groups is 5. The zero-order chi connectivity index (χ0) is 33.0. The second-order valence-corrected chi connectivity index (χ2v) is 15.2. The normalized spacial score (nSPS) is 10.5. The van der Waals surface area contributed by atoms with Crippen molar-refractivity contribution < 1.29 is 42.9 Å². The molecule has 0 saturated carbocycles. The van der Waals surface area contributed by atoms with Gasteiger partial charge in [-0.3, -0.25) is 24.0 Å². The van der Waals surface area contributed by atoms with Crippen molar-refractivity contribution in [1.82, 2.24) is 10.6 Å². The Kier molecular flexibility index (Phi) is 18.1. The Morgan fingerprint density at radius 3 is 1.34 bits per heavy atom. The maximum atomic E-state index is 12.0. The average Bonchev–Trinajstić information content (AvgIpc) is 2.97. The number of Topliss-reactive ketones (excluding diaryl/α,β-unsaturated/α-hetero) is 1. The van der Waals surface area contributed by atoms with Gasteiger partial charge in [0.2, 0.25) is 17.6 Å². The number of esters is 2. The molecule has 0 bridgehead atoms. The van der Waals surface area contributed by atoms with Gasteiger partial charge in [0.05, 0.1) is 51.7 Å². The highest BCUT2D eigenvalue weighted by Gasteiger charge is 2.17. The van der Waals surface area contributed by atoms with Gasteiger partial charge in [0.15, 0.2) is 13.2 Å². The Morgan fingerprint density at radius 1 is 0.614 bits per heavy atom. The molecule has 0 fully saturated rings. The number of hydrogen-bond acceptors (Lipinski definition) is 11. The first-order valence-electron chi connectivity index (χ1n) is 12.2. The molecule has 0 aliphatic carbocycles. The van der Waals surface area contributed by atoms with Crippen molar-refractivity contribution in [2.24, 2.45) is 0 Å². The molecule has 0 unspecified atom stereocenters. The summed E-state index contributed by atoms with van der Waals surface area (Å²) in [6.07, 6.45) is -0.0474. The number of nitrogens with one attached hydrogen (secondary N) is 2. The fourth-order valence-electron chi connectivity index (χ4n) is 2.91. The van der Waals surface area contributed by atoms with Gasteiger partial charge in [-0.25, -0.2) is 0 Å². The lowest BCUT2D eigenvalue weighted by molar-refractivity contribution is -0.153. The lowest BCUT2D eigenvalue weighted by Crippen LogP contribution is -2.34. The maximum Gasteiger partial charge on any atom is 0.325 e. The SMILES string of the molecule is Nc1c(I)cc(I)c(OCCC(=O)NCC(=O)OCC(=O)COC(=O)CNC(=O)CCOc2c(I)cc(I)c(N)c2I)c1I. The first kappa shape index (κ1) is 39.7. The van der Waals surface area contributed by atoms with E-state index in [-0.39, 0.29) is 26.1 Å². The van der Waals surface area contributed by atoms with E-state index in [2.05, 4.69) is 146 Å². The minimum absolute atomic E-state index is 0.0237. The summed E-state index contributed by atoms with van der Waals surface area (Å²) in [4.78, 5) is 59.7. The summed E-state index contributed by atoms with van der Waals surface area (Å²) in [6, 6.07) is 3.74. The molecule has 2 aromatic rings. The third-order valence-corrected chi connectivity index (χ3v) is 10.7. The van der Waals surface area contributed by atoms with E-state index in [1.807, 2.05) is 12.1 Å². The number of ether oxygens (including phenoxy) is 4. The first-order valence-corrected chi connectivity index (χ1v) is 18.7.